The van der Waals surface area contributed by atoms with E-state index >= 15 is 0 Å². The van der Waals surface area contributed by atoms with Crippen LogP contribution in [0.4, 0.5) is 0 Å². The summed E-state index contributed by atoms with van der Waals surface area (Å²) in [4.78, 5) is 1.40. The number of tetrazole rings is 1. The van der Waals surface area contributed by atoms with Crippen molar-refractivity contribution >= 4 is 0 Å². The normalized spacial score (nSPS) is 42.0. The summed E-state index contributed by atoms with van der Waals surface area (Å²) < 4.78 is 0. The van der Waals surface area contributed by atoms with Gasteiger partial charge < -0.3 is 5.11 Å². The number of nitrogens with zero attached hydrogens (tertiary/aromatic N) is 4. The third-order valence-electron chi connectivity index (χ3n) is 3.40. The Balaban J connectivity index is 1.95. The molecule has 70 valence electrons. The maximum atomic E-state index is 10.2. The van der Waals surface area contributed by atoms with Gasteiger partial charge in [-0.25, -0.2) is 0 Å². The van der Waals surface area contributed by atoms with E-state index in [-0.39, 0.29) is 0 Å². The van der Waals surface area contributed by atoms with Crippen LogP contribution in [0.15, 0.2) is 0 Å². The first-order valence-corrected chi connectivity index (χ1v) is 4.70. The zero-order valence-corrected chi connectivity index (χ0v) is 7.51. The second-order valence-corrected chi connectivity index (χ2v) is 4.07. The van der Waals surface area contributed by atoms with Gasteiger partial charge in [0.15, 0.2) is 0 Å². The predicted molar refractivity (Wildman–Crippen MR) is 43.5 cm³/mol. The Kier molecular flexibility index (Phi) is 1.20. The molecule has 5 heteroatoms. The van der Waals surface area contributed by atoms with Gasteiger partial charge in [-0.15, -0.1) is 10.2 Å². The third-order valence-corrected chi connectivity index (χ3v) is 3.40. The lowest BCUT2D eigenvalue weighted by Crippen LogP contribution is -2.15. The first-order chi connectivity index (χ1) is 6.23. The van der Waals surface area contributed by atoms with Gasteiger partial charge >= 0.3 is 0 Å². The highest BCUT2D eigenvalue weighted by molar-refractivity contribution is 5.22. The van der Waals surface area contributed by atoms with E-state index in [1.807, 2.05) is 0 Å². The number of aromatic nitrogens is 4. The summed E-state index contributed by atoms with van der Waals surface area (Å²) in [6.45, 7) is 0. The molecule has 2 aliphatic carbocycles. The van der Waals surface area contributed by atoms with Gasteiger partial charge in [-0.05, 0) is 18.1 Å². The van der Waals surface area contributed by atoms with Crippen LogP contribution in [0.1, 0.15) is 25.1 Å². The van der Waals surface area contributed by atoms with Crippen molar-refractivity contribution in [1.29, 1.82) is 0 Å². The van der Waals surface area contributed by atoms with Crippen molar-refractivity contribution in [3.8, 4) is 0 Å². The van der Waals surface area contributed by atoms with Gasteiger partial charge in [0.05, 0.1) is 7.05 Å². The largest absolute Gasteiger partial charge is 0.381 e. The number of aryl methyl sites for hydroxylation is 1. The molecule has 0 saturated heterocycles. The van der Waals surface area contributed by atoms with Crippen molar-refractivity contribution < 1.29 is 5.11 Å². The molecule has 0 aliphatic heterocycles. The molecule has 0 radical (unpaired) electrons. The number of hydrogen-bond acceptors (Lipinski definition) is 4. The fraction of sp³-hybridized carbons (Fsp3) is 0.875. The quantitative estimate of drug-likeness (QED) is 0.651. The van der Waals surface area contributed by atoms with Gasteiger partial charge in [0.1, 0.15) is 5.60 Å². The Labute approximate surface area is 75.8 Å². The van der Waals surface area contributed by atoms with Gasteiger partial charge in [-0.1, -0.05) is 6.42 Å². The van der Waals surface area contributed by atoms with E-state index in [2.05, 4.69) is 15.4 Å². The summed E-state index contributed by atoms with van der Waals surface area (Å²) in [5.74, 6) is 1.32. The van der Waals surface area contributed by atoms with Crippen LogP contribution in [0.25, 0.3) is 0 Å². The standard InChI is InChI=1S/C8H12N4O/c1-12-10-7(9-11-12)8(13)5-3-2-4-6(5)8/h5-6,13H,2-4H2,1H3. The molecule has 1 aromatic heterocycles. The first kappa shape index (κ1) is 7.44. The van der Waals surface area contributed by atoms with E-state index in [0.29, 0.717) is 17.7 Å². The fourth-order valence-electron chi connectivity index (χ4n) is 2.70. The lowest BCUT2D eigenvalue weighted by molar-refractivity contribution is 0.0953. The zero-order valence-electron chi connectivity index (χ0n) is 7.51. The molecule has 3 rings (SSSR count). The van der Waals surface area contributed by atoms with Crippen LogP contribution in [0.5, 0.6) is 0 Å². The average Bonchev–Trinajstić information content (AvgIpc) is 2.61. The highest BCUT2D eigenvalue weighted by Gasteiger charge is 2.68. The second-order valence-electron chi connectivity index (χ2n) is 4.07. The van der Waals surface area contributed by atoms with E-state index in [0.717, 1.165) is 12.8 Å². The minimum Gasteiger partial charge on any atom is -0.381 e. The molecule has 1 N–H and O–H groups in total. The molecule has 0 amide bonds. The van der Waals surface area contributed by atoms with Crippen LogP contribution in [0.3, 0.4) is 0 Å². The lowest BCUT2D eigenvalue weighted by Gasteiger charge is -2.07. The summed E-state index contributed by atoms with van der Waals surface area (Å²) in [5, 5.41) is 21.9. The van der Waals surface area contributed by atoms with Gasteiger partial charge in [-0.2, -0.15) is 4.80 Å². The van der Waals surface area contributed by atoms with Crippen molar-refractivity contribution in [1.82, 2.24) is 20.2 Å². The third kappa shape index (κ3) is 0.777. The average molecular weight is 180 g/mol. The molecule has 2 saturated carbocycles. The molecular formula is C8H12N4O. The van der Waals surface area contributed by atoms with E-state index in [4.69, 9.17) is 0 Å². The molecule has 2 unspecified atom stereocenters. The molecular weight excluding hydrogens is 168 g/mol. The summed E-state index contributed by atoms with van der Waals surface area (Å²) in [6.07, 6.45) is 3.46. The maximum Gasteiger partial charge on any atom is 0.206 e. The molecule has 1 heterocycles. The Bertz CT molecular complexity index is 338. The molecule has 2 atom stereocenters. The maximum absolute atomic E-state index is 10.2. The highest BCUT2D eigenvalue weighted by atomic mass is 16.3. The fourth-order valence-corrected chi connectivity index (χ4v) is 2.70. The zero-order chi connectivity index (χ0) is 9.05. The van der Waals surface area contributed by atoms with Gasteiger partial charge in [0.25, 0.3) is 0 Å². The van der Waals surface area contributed by atoms with Crippen LogP contribution in [0, 0.1) is 11.8 Å². The van der Waals surface area contributed by atoms with Gasteiger partial charge in [0.2, 0.25) is 5.82 Å². The Morgan fingerprint density at radius 1 is 1.46 bits per heavy atom. The van der Waals surface area contributed by atoms with Crippen molar-refractivity contribution in [2.75, 3.05) is 0 Å². The summed E-state index contributed by atoms with van der Waals surface area (Å²) in [7, 11) is 1.72. The Hall–Kier alpha value is -0.970. The Morgan fingerprint density at radius 3 is 2.69 bits per heavy atom. The van der Waals surface area contributed by atoms with Crippen molar-refractivity contribution in [3.05, 3.63) is 5.82 Å². The van der Waals surface area contributed by atoms with Crippen molar-refractivity contribution in [3.63, 3.8) is 0 Å². The van der Waals surface area contributed by atoms with Crippen LogP contribution in [-0.2, 0) is 12.6 Å². The van der Waals surface area contributed by atoms with Crippen molar-refractivity contribution in [2.24, 2.45) is 18.9 Å². The predicted octanol–water partition coefficient (Wildman–Crippen LogP) is -0.172. The summed E-state index contributed by atoms with van der Waals surface area (Å²) >= 11 is 0. The molecule has 0 bridgehead atoms. The summed E-state index contributed by atoms with van der Waals surface area (Å²) in [6, 6.07) is 0. The first-order valence-electron chi connectivity index (χ1n) is 4.70. The Morgan fingerprint density at radius 2 is 2.15 bits per heavy atom. The highest BCUT2D eigenvalue weighted by Crippen LogP contribution is 2.65. The molecule has 2 aliphatic rings. The summed E-state index contributed by atoms with van der Waals surface area (Å²) in [5.41, 5.74) is -0.730. The van der Waals surface area contributed by atoms with E-state index in [1.165, 1.54) is 11.2 Å². The topological polar surface area (TPSA) is 63.8 Å². The number of hydrogen-bond donors (Lipinski definition) is 1. The van der Waals surface area contributed by atoms with Crippen molar-refractivity contribution in [2.45, 2.75) is 24.9 Å². The smallest absolute Gasteiger partial charge is 0.206 e. The van der Waals surface area contributed by atoms with Crippen LogP contribution < -0.4 is 0 Å². The van der Waals surface area contributed by atoms with Crippen LogP contribution >= 0.6 is 0 Å². The van der Waals surface area contributed by atoms with E-state index in [1.54, 1.807) is 7.05 Å². The van der Waals surface area contributed by atoms with Gasteiger partial charge in [-0.3, -0.25) is 0 Å². The minimum absolute atomic E-state index is 0.400. The lowest BCUT2D eigenvalue weighted by atomic mass is 10.1. The number of fused-ring (bicyclic) bond motifs is 1. The molecule has 13 heavy (non-hydrogen) atoms. The van der Waals surface area contributed by atoms with Gasteiger partial charge in [0, 0.05) is 11.8 Å². The molecule has 1 aromatic rings. The van der Waals surface area contributed by atoms with E-state index in [9.17, 15) is 5.11 Å². The number of aliphatic hydroxyl groups is 1. The molecule has 5 nitrogen and oxygen atoms in total. The molecule has 0 spiro atoms. The second kappa shape index (κ2) is 2.09. The molecule has 2 fully saturated rings. The minimum atomic E-state index is -0.730. The molecule has 0 aromatic carbocycles. The SMILES string of the molecule is Cn1nnc(C2(O)C3CCCC32)n1. The van der Waals surface area contributed by atoms with Crippen LogP contribution in [-0.4, -0.2) is 25.3 Å². The van der Waals surface area contributed by atoms with Crippen LogP contribution in [0.2, 0.25) is 0 Å². The van der Waals surface area contributed by atoms with E-state index < -0.39 is 5.60 Å². The number of rotatable bonds is 1. The monoisotopic (exact) mass is 180 g/mol.